The summed E-state index contributed by atoms with van der Waals surface area (Å²) in [5, 5.41) is 3.50. The van der Waals surface area contributed by atoms with E-state index in [0.29, 0.717) is 12.6 Å². The molecular weight excluding hydrogens is 350 g/mol. The van der Waals surface area contributed by atoms with E-state index in [-0.39, 0.29) is 0 Å². The minimum atomic E-state index is 0.562. The lowest BCUT2D eigenvalue weighted by atomic mass is 10.2. The molecule has 112 valence electrons. The summed E-state index contributed by atoms with van der Waals surface area (Å²) in [4.78, 5) is 1.18. The molecule has 1 N–H and O–H groups in total. The molecule has 0 aliphatic heterocycles. The second-order valence-corrected chi connectivity index (χ2v) is 7.68. The molecule has 1 fully saturated rings. The van der Waals surface area contributed by atoms with Crippen LogP contribution in [0.2, 0.25) is 0 Å². The van der Waals surface area contributed by atoms with Crippen LogP contribution < -0.4 is 14.8 Å². The fourth-order valence-electron chi connectivity index (χ4n) is 2.07. The molecular formula is C16H18BrNO2S. The van der Waals surface area contributed by atoms with Crippen LogP contribution in [0.1, 0.15) is 23.3 Å². The highest BCUT2D eigenvalue weighted by Gasteiger charge is 2.20. The Kier molecular flexibility index (Phi) is 4.83. The number of methoxy groups -OCH3 is 1. The van der Waals surface area contributed by atoms with Crippen molar-refractivity contribution in [2.75, 3.05) is 7.11 Å². The van der Waals surface area contributed by atoms with Gasteiger partial charge in [-0.3, -0.25) is 0 Å². The van der Waals surface area contributed by atoms with Crippen molar-refractivity contribution < 1.29 is 9.47 Å². The van der Waals surface area contributed by atoms with Crippen LogP contribution in [0, 0.1) is 0 Å². The van der Waals surface area contributed by atoms with Crippen LogP contribution in [-0.2, 0) is 13.2 Å². The molecule has 1 aliphatic carbocycles. The van der Waals surface area contributed by atoms with Gasteiger partial charge in [0.2, 0.25) is 0 Å². The van der Waals surface area contributed by atoms with Gasteiger partial charge in [0.1, 0.15) is 6.61 Å². The molecule has 0 unspecified atom stereocenters. The third-order valence-electron chi connectivity index (χ3n) is 3.40. The summed E-state index contributed by atoms with van der Waals surface area (Å²) in [7, 11) is 1.68. The smallest absolute Gasteiger partial charge is 0.161 e. The number of nitrogens with one attached hydrogen (secondary N) is 1. The quantitative estimate of drug-likeness (QED) is 0.788. The Morgan fingerprint density at radius 2 is 2.10 bits per heavy atom. The van der Waals surface area contributed by atoms with Crippen LogP contribution in [0.3, 0.4) is 0 Å². The second kappa shape index (κ2) is 6.81. The maximum atomic E-state index is 5.86. The van der Waals surface area contributed by atoms with Gasteiger partial charge in [-0.15, -0.1) is 11.3 Å². The molecule has 1 aliphatic rings. The Bertz CT molecular complexity index is 610. The molecule has 0 atom stereocenters. The zero-order chi connectivity index (χ0) is 14.7. The van der Waals surface area contributed by atoms with Gasteiger partial charge in [0, 0.05) is 17.5 Å². The van der Waals surface area contributed by atoms with E-state index in [1.807, 2.05) is 12.1 Å². The zero-order valence-electron chi connectivity index (χ0n) is 11.9. The topological polar surface area (TPSA) is 30.5 Å². The molecule has 0 saturated heterocycles. The monoisotopic (exact) mass is 367 g/mol. The molecule has 1 heterocycles. The number of rotatable bonds is 7. The molecule has 21 heavy (non-hydrogen) atoms. The van der Waals surface area contributed by atoms with E-state index in [9.17, 15) is 0 Å². The first-order chi connectivity index (χ1) is 10.2. The minimum absolute atomic E-state index is 0.562. The van der Waals surface area contributed by atoms with Gasteiger partial charge in [0.15, 0.2) is 11.5 Å². The normalized spacial score (nSPS) is 14.2. The average Bonchev–Trinajstić information content (AvgIpc) is 3.24. The van der Waals surface area contributed by atoms with Crippen molar-refractivity contribution in [3.63, 3.8) is 0 Å². The van der Waals surface area contributed by atoms with E-state index in [4.69, 9.17) is 9.47 Å². The zero-order valence-corrected chi connectivity index (χ0v) is 14.3. The molecule has 1 aromatic carbocycles. The molecule has 0 radical (unpaired) electrons. The van der Waals surface area contributed by atoms with Gasteiger partial charge in [-0.25, -0.2) is 0 Å². The van der Waals surface area contributed by atoms with E-state index >= 15 is 0 Å². The largest absolute Gasteiger partial charge is 0.493 e. The van der Waals surface area contributed by atoms with Crippen LogP contribution in [0.5, 0.6) is 11.5 Å². The number of thiophene rings is 1. The molecule has 0 bridgehead atoms. The maximum Gasteiger partial charge on any atom is 0.161 e. The molecule has 5 heteroatoms. The Morgan fingerprint density at radius 1 is 1.24 bits per heavy atom. The van der Waals surface area contributed by atoms with Crippen molar-refractivity contribution in [1.29, 1.82) is 0 Å². The average molecular weight is 368 g/mol. The van der Waals surface area contributed by atoms with E-state index in [1.165, 1.54) is 23.3 Å². The Labute approximate surface area is 137 Å². The lowest BCUT2D eigenvalue weighted by Crippen LogP contribution is -2.15. The van der Waals surface area contributed by atoms with Crippen molar-refractivity contribution in [3.8, 4) is 11.5 Å². The molecule has 1 saturated carbocycles. The summed E-state index contributed by atoms with van der Waals surface area (Å²) < 4.78 is 12.4. The van der Waals surface area contributed by atoms with Crippen LogP contribution in [0.15, 0.2) is 34.1 Å². The second-order valence-electron chi connectivity index (χ2n) is 5.13. The van der Waals surface area contributed by atoms with Crippen LogP contribution in [-0.4, -0.2) is 13.2 Å². The van der Waals surface area contributed by atoms with Gasteiger partial charge in [-0.2, -0.15) is 0 Å². The standard InChI is InChI=1S/C16H18BrNO2S/c1-19-15-8-11(9-18-12-3-4-12)2-6-14(15)20-10-13-5-7-16(17)21-13/h2,5-8,12,18H,3-4,9-10H2,1H3. The fraction of sp³-hybridized carbons (Fsp3) is 0.375. The van der Waals surface area contributed by atoms with Gasteiger partial charge in [0.05, 0.1) is 10.9 Å². The fourth-order valence-corrected chi connectivity index (χ4v) is 3.47. The van der Waals surface area contributed by atoms with Crippen molar-refractivity contribution in [2.45, 2.75) is 32.0 Å². The summed E-state index contributed by atoms with van der Waals surface area (Å²) in [5.74, 6) is 1.58. The van der Waals surface area contributed by atoms with E-state index in [0.717, 1.165) is 21.8 Å². The maximum absolute atomic E-state index is 5.86. The molecule has 1 aromatic heterocycles. The third-order valence-corrected chi connectivity index (χ3v) is 5.00. The first-order valence-electron chi connectivity index (χ1n) is 7.02. The highest BCUT2D eigenvalue weighted by Crippen LogP contribution is 2.30. The van der Waals surface area contributed by atoms with Crippen molar-refractivity contribution in [2.24, 2.45) is 0 Å². The molecule has 2 aromatic rings. The van der Waals surface area contributed by atoms with Gasteiger partial charge < -0.3 is 14.8 Å². The van der Waals surface area contributed by atoms with Crippen LogP contribution >= 0.6 is 27.3 Å². The van der Waals surface area contributed by atoms with Gasteiger partial charge in [0.25, 0.3) is 0 Å². The van der Waals surface area contributed by atoms with Gasteiger partial charge in [-0.05, 0) is 58.6 Å². The molecule has 0 spiro atoms. The lowest BCUT2D eigenvalue weighted by molar-refractivity contribution is 0.287. The van der Waals surface area contributed by atoms with Crippen molar-refractivity contribution >= 4 is 27.3 Å². The Hall–Kier alpha value is -1.04. The SMILES string of the molecule is COc1cc(CNC2CC2)ccc1OCc1ccc(Br)s1. The highest BCUT2D eigenvalue weighted by atomic mass is 79.9. The third kappa shape index (κ3) is 4.22. The van der Waals surface area contributed by atoms with Crippen LogP contribution in [0.4, 0.5) is 0 Å². The minimum Gasteiger partial charge on any atom is -0.493 e. The summed E-state index contributed by atoms with van der Waals surface area (Å²) >= 11 is 5.14. The van der Waals surface area contributed by atoms with Crippen LogP contribution in [0.25, 0.3) is 0 Å². The number of hydrogen-bond donors (Lipinski definition) is 1. The highest BCUT2D eigenvalue weighted by molar-refractivity contribution is 9.11. The molecule has 3 nitrogen and oxygen atoms in total. The molecule has 3 rings (SSSR count). The molecule has 0 amide bonds. The number of ether oxygens (including phenoxy) is 2. The summed E-state index contributed by atoms with van der Waals surface area (Å²) in [6, 6.07) is 10.9. The van der Waals surface area contributed by atoms with Crippen molar-refractivity contribution in [1.82, 2.24) is 5.32 Å². The lowest BCUT2D eigenvalue weighted by Gasteiger charge is -2.12. The Morgan fingerprint density at radius 3 is 2.76 bits per heavy atom. The van der Waals surface area contributed by atoms with E-state index in [1.54, 1.807) is 18.4 Å². The number of halogens is 1. The van der Waals surface area contributed by atoms with Crippen molar-refractivity contribution in [3.05, 3.63) is 44.6 Å². The Balaban J connectivity index is 1.63. The van der Waals surface area contributed by atoms with E-state index < -0.39 is 0 Å². The number of hydrogen-bond acceptors (Lipinski definition) is 4. The first kappa shape index (κ1) is 14.9. The summed E-state index contributed by atoms with van der Waals surface area (Å²) in [6.07, 6.45) is 2.60. The summed E-state index contributed by atoms with van der Waals surface area (Å²) in [5.41, 5.74) is 1.23. The number of benzene rings is 1. The first-order valence-corrected chi connectivity index (χ1v) is 8.63. The van der Waals surface area contributed by atoms with E-state index in [2.05, 4.69) is 39.4 Å². The van der Waals surface area contributed by atoms with Gasteiger partial charge >= 0.3 is 0 Å². The predicted octanol–water partition coefficient (Wildman–Crippen LogP) is 4.35. The predicted molar refractivity (Wildman–Crippen MR) is 89.2 cm³/mol. The van der Waals surface area contributed by atoms with Gasteiger partial charge in [-0.1, -0.05) is 6.07 Å². The summed E-state index contributed by atoms with van der Waals surface area (Å²) in [6.45, 7) is 1.45.